The molecule has 1 rings (SSSR count). The number of ether oxygens (including phenoxy) is 1. The summed E-state index contributed by atoms with van der Waals surface area (Å²) in [6, 6.07) is 0.623. The van der Waals surface area contributed by atoms with Crippen LogP contribution in [-0.2, 0) is 9.53 Å². The van der Waals surface area contributed by atoms with Gasteiger partial charge in [-0.25, -0.2) is 0 Å². The van der Waals surface area contributed by atoms with Crippen LogP contribution in [0, 0.1) is 0 Å². The van der Waals surface area contributed by atoms with Crippen molar-refractivity contribution in [2.45, 2.75) is 38.1 Å². The second-order valence-electron chi connectivity index (χ2n) is 5.01. The molecule has 0 aromatic heterocycles. The average molecular weight is 257 g/mol. The molecule has 1 amide bonds. The van der Waals surface area contributed by atoms with E-state index in [1.165, 1.54) is 12.8 Å². The van der Waals surface area contributed by atoms with Crippen LogP contribution >= 0.6 is 0 Å². The lowest BCUT2D eigenvalue weighted by atomic mass is 10.2. The van der Waals surface area contributed by atoms with E-state index in [2.05, 4.69) is 10.2 Å². The van der Waals surface area contributed by atoms with Gasteiger partial charge in [0.05, 0.1) is 6.61 Å². The fraction of sp³-hybridized carbons (Fsp3) is 0.923. The Balaban J connectivity index is 2.18. The van der Waals surface area contributed by atoms with E-state index in [4.69, 9.17) is 10.5 Å². The number of unbranched alkanes of at least 4 members (excludes halogenated alkanes) is 1. The van der Waals surface area contributed by atoms with Crippen molar-refractivity contribution >= 4 is 5.91 Å². The van der Waals surface area contributed by atoms with E-state index in [-0.39, 0.29) is 5.91 Å². The van der Waals surface area contributed by atoms with Gasteiger partial charge in [-0.15, -0.1) is 0 Å². The molecule has 1 aliphatic rings. The summed E-state index contributed by atoms with van der Waals surface area (Å²) in [4.78, 5) is 13.1. The van der Waals surface area contributed by atoms with Crippen molar-refractivity contribution in [1.82, 2.24) is 10.2 Å². The molecular weight excluding hydrogens is 230 g/mol. The zero-order valence-electron chi connectivity index (χ0n) is 11.5. The minimum Gasteiger partial charge on any atom is -0.383 e. The molecule has 0 spiro atoms. The Morgan fingerprint density at radius 3 is 2.89 bits per heavy atom. The molecule has 5 heteroatoms. The van der Waals surface area contributed by atoms with E-state index >= 15 is 0 Å². The molecule has 0 bridgehead atoms. The monoisotopic (exact) mass is 257 g/mol. The highest BCUT2D eigenvalue weighted by atomic mass is 16.5. The van der Waals surface area contributed by atoms with E-state index < -0.39 is 0 Å². The summed E-state index contributed by atoms with van der Waals surface area (Å²) in [7, 11) is 1.74. The minimum absolute atomic E-state index is 0.198. The topological polar surface area (TPSA) is 67.6 Å². The normalized spacial score (nSPS) is 19.6. The average Bonchev–Trinajstić information content (AvgIpc) is 2.83. The van der Waals surface area contributed by atoms with Crippen molar-refractivity contribution in [2.24, 2.45) is 5.73 Å². The van der Waals surface area contributed by atoms with Gasteiger partial charge in [0, 0.05) is 32.7 Å². The number of methoxy groups -OCH3 is 1. The molecule has 0 aromatic rings. The zero-order chi connectivity index (χ0) is 13.2. The van der Waals surface area contributed by atoms with Crippen molar-refractivity contribution in [2.75, 3.05) is 39.9 Å². The fourth-order valence-corrected chi connectivity index (χ4v) is 2.37. The largest absolute Gasteiger partial charge is 0.383 e. The van der Waals surface area contributed by atoms with Gasteiger partial charge in [0.2, 0.25) is 5.91 Å². The van der Waals surface area contributed by atoms with Gasteiger partial charge in [0.1, 0.15) is 0 Å². The first-order valence-electron chi connectivity index (χ1n) is 6.95. The third-order valence-corrected chi connectivity index (χ3v) is 3.40. The zero-order valence-corrected chi connectivity index (χ0v) is 11.5. The van der Waals surface area contributed by atoms with E-state index in [0.29, 0.717) is 12.5 Å². The van der Waals surface area contributed by atoms with Crippen molar-refractivity contribution in [3.63, 3.8) is 0 Å². The summed E-state index contributed by atoms with van der Waals surface area (Å²) in [6.45, 7) is 4.98. The Labute approximate surface area is 110 Å². The summed E-state index contributed by atoms with van der Waals surface area (Å²) in [5.74, 6) is -0.198. The van der Waals surface area contributed by atoms with Crippen molar-refractivity contribution < 1.29 is 9.53 Å². The van der Waals surface area contributed by atoms with Crippen LogP contribution in [0.4, 0.5) is 0 Å². The molecule has 0 radical (unpaired) electrons. The molecule has 1 unspecified atom stereocenters. The highest BCUT2D eigenvalue weighted by Crippen LogP contribution is 2.08. The standard InChI is InChI=1S/C13H27N3O2/c1-18-10-9-16(8-3-2-6-13(14)17)11-12-5-4-7-15-12/h12,15H,2-11H2,1H3,(H2,14,17). The summed E-state index contributed by atoms with van der Waals surface area (Å²) < 4.78 is 5.15. The summed E-state index contributed by atoms with van der Waals surface area (Å²) >= 11 is 0. The number of amides is 1. The number of carbonyl (C=O) groups excluding carboxylic acids is 1. The Morgan fingerprint density at radius 1 is 1.44 bits per heavy atom. The molecule has 18 heavy (non-hydrogen) atoms. The number of hydrogen-bond donors (Lipinski definition) is 2. The lowest BCUT2D eigenvalue weighted by Gasteiger charge is -2.25. The van der Waals surface area contributed by atoms with Crippen molar-refractivity contribution in [1.29, 1.82) is 0 Å². The predicted octanol–water partition coefficient (Wildman–Crippen LogP) is 0.342. The minimum atomic E-state index is -0.198. The van der Waals surface area contributed by atoms with Crippen molar-refractivity contribution in [3.05, 3.63) is 0 Å². The first kappa shape index (κ1) is 15.4. The van der Waals surface area contributed by atoms with E-state index in [0.717, 1.165) is 45.6 Å². The van der Waals surface area contributed by atoms with Gasteiger partial charge >= 0.3 is 0 Å². The quantitative estimate of drug-likeness (QED) is 0.554. The molecule has 1 heterocycles. The summed E-state index contributed by atoms with van der Waals surface area (Å²) in [6.07, 6.45) is 4.96. The lowest BCUT2D eigenvalue weighted by Crippen LogP contribution is -2.39. The van der Waals surface area contributed by atoms with Gasteiger partial charge in [-0.1, -0.05) is 0 Å². The maximum Gasteiger partial charge on any atom is 0.217 e. The number of carbonyl (C=O) groups is 1. The smallest absolute Gasteiger partial charge is 0.217 e. The second-order valence-corrected chi connectivity index (χ2v) is 5.01. The lowest BCUT2D eigenvalue weighted by molar-refractivity contribution is -0.118. The Hall–Kier alpha value is -0.650. The number of nitrogens with zero attached hydrogens (tertiary/aromatic N) is 1. The van der Waals surface area contributed by atoms with Gasteiger partial charge in [0.15, 0.2) is 0 Å². The highest BCUT2D eigenvalue weighted by Gasteiger charge is 2.17. The number of nitrogens with one attached hydrogen (secondary N) is 1. The van der Waals surface area contributed by atoms with Gasteiger partial charge in [0.25, 0.3) is 0 Å². The highest BCUT2D eigenvalue weighted by molar-refractivity contribution is 5.73. The van der Waals surface area contributed by atoms with Crippen LogP contribution < -0.4 is 11.1 Å². The molecule has 0 saturated carbocycles. The summed E-state index contributed by atoms with van der Waals surface area (Å²) in [5.41, 5.74) is 5.14. The Morgan fingerprint density at radius 2 is 2.28 bits per heavy atom. The molecule has 5 nitrogen and oxygen atoms in total. The SMILES string of the molecule is COCCN(CCCCC(N)=O)CC1CCCN1. The number of rotatable bonds is 10. The number of hydrogen-bond acceptors (Lipinski definition) is 4. The van der Waals surface area contributed by atoms with E-state index in [1.54, 1.807) is 7.11 Å². The first-order chi connectivity index (χ1) is 8.72. The Bertz CT molecular complexity index is 230. The molecule has 1 atom stereocenters. The molecule has 1 saturated heterocycles. The fourth-order valence-electron chi connectivity index (χ4n) is 2.37. The summed E-state index contributed by atoms with van der Waals surface area (Å²) in [5, 5.41) is 3.52. The first-order valence-corrected chi connectivity index (χ1v) is 6.95. The number of nitrogens with two attached hydrogens (primary N) is 1. The molecule has 1 fully saturated rings. The van der Waals surface area contributed by atoms with Gasteiger partial charge in [-0.2, -0.15) is 0 Å². The predicted molar refractivity (Wildman–Crippen MR) is 72.4 cm³/mol. The van der Waals surface area contributed by atoms with Crippen LogP contribution in [0.25, 0.3) is 0 Å². The van der Waals surface area contributed by atoms with Gasteiger partial charge in [-0.3, -0.25) is 9.69 Å². The van der Waals surface area contributed by atoms with Crippen LogP contribution in [0.5, 0.6) is 0 Å². The van der Waals surface area contributed by atoms with Gasteiger partial charge in [-0.05, 0) is 38.8 Å². The third-order valence-electron chi connectivity index (χ3n) is 3.40. The Kier molecular flexibility index (Phi) is 7.96. The maximum atomic E-state index is 10.7. The van der Waals surface area contributed by atoms with Crippen LogP contribution in [-0.4, -0.2) is 56.7 Å². The molecule has 3 N–H and O–H groups in total. The van der Waals surface area contributed by atoms with Crippen LogP contribution in [0.3, 0.4) is 0 Å². The molecule has 106 valence electrons. The molecule has 0 aliphatic carbocycles. The molecule has 1 aliphatic heterocycles. The second kappa shape index (κ2) is 9.30. The van der Waals surface area contributed by atoms with Crippen LogP contribution in [0.1, 0.15) is 32.1 Å². The van der Waals surface area contributed by atoms with Crippen LogP contribution in [0.15, 0.2) is 0 Å². The maximum absolute atomic E-state index is 10.7. The van der Waals surface area contributed by atoms with Crippen molar-refractivity contribution in [3.8, 4) is 0 Å². The number of primary amides is 1. The van der Waals surface area contributed by atoms with E-state index in [1.807, 2.05) is 0 Å². The molecule has 0 aromatic carbocycles. The van der Waals surface area contributed by atoms with Gasteiger partial charge < -0.3 is 15.8 Å². The van der Waals surface area contributed by atoms with Crippen LogP contribution in [0.2, 0.25) is 0 Å². The third kappa shape index (κ3) is 6.93. The van der Waals surface area contributed by atoms with E-state index in [9.17, 15) is 4.79 Å². The molecular formula is C13H27N3O2.